The topological polar surface area (TPSA) is 127 Å². The average molecular weight is 1390 g/mol. The number of piperidine rings is 2. The van der Waals surface area contributed by atoms with Crippen LogP contribution in [-0.4, -0.2) is 252 Å². The summed E-state index contributed by atoms with van der Waals surface area (Å²) in [4.78, 5) is 40.8. The zero-order valence-corrected chi connectivity index (χ0v) is 64.7. The Kier molecular flexibility index (Phi) is 61.1. The van der Waals surface area contributed by atoms with Crippen molar-refractivity contribution in [3.05, 3.63) is 0 Å². The molecule has 4 aliphatic heterocycles. The van der Waals surface area contributed by atoms with E-state index in [-0.39, 0.29) is 0 Å². The third kappa shape index (κ3) is 51.6. The molecule has 16 nitrogen and oxygen atoms in total. The Morgan fingerprint density at radius 1 is 0.224 bits per heavy atom. The number of unbranched alkanes of at least 4 members (excludes halogenated alkanes) is 34. The summed E-state index contributed by atoms with van der Waals surface area (Å²) in [6, 6.07) is 0. The molecule has 0 saturated carbocycles. The van der Waals surface area contributed by atoms with E-state index in [0.29, 0.717) is 89.3 Å². The Hall–Kier alpha value is -1.54. The highest BCUT2D eigenvalue weighted by molar-refractivity contribution is 5.76. The maximum absolute atomic E-state index is 13.2. The Morgan fingerprint density at radius 3 is 0.592 bits per heavy atom. The molecule has 16 heteroatoms. The number of hydrogen-bond acceptors (Lipinski definition) is 14. The molecule has 4 fully saturated rings. The molecule has 0 aromatic carbocycles. The van der Waals surface area contributed by atoms with E-state index in [9.17, 15) is 9.59 Å². The third-order valence-corrected chi connectivity index (χ3v) is 21.7. The fourth-order valence-corrected chi connectivity index (χ4v) is 15.1. The van der Waals surface area contributed by atoms with Crippen LogP contribution >= 0.6 is 0 Å². The van der Waals surface area contributed by atoms with Gasteiger partial charge in [0, 0.05) is 91.4 Å². The zero-order chi connectivity index (χ0) is 69.2. The number of ether oxygens (including phenoxy) is 8. The first kappa shape index (κ1) is 88.9. The Balaban J connectivity index is 0.896. The van der Waals surface area contributed by atoms with E-state index in [2.05, 4.69) is 43.2 Å². The van der Waals surface area contributed by atoms with Crippen molar-refractivity contribution in [1.29, 1.82) is 0 Å². The lowest BCUT2D eigenvalue weighted by Crippen LogP contribution is -2.44. The summed E-state index contributed by atoms with van der Waals surface area (Å²) >= 11 is 0. The van der Waals surface area contributed by atoms with Gasteiger partial charge in [0.15, 0.2) is 0 Å². The van der Waals surface area contributed by atoms with E-state index in [1.54, 1.807) is 0 Å². The summed E-state index contributed by atoms with van der Waals surface area (Å²) in [7, 11) is 0. The number of carbonyl (C=O) groups is 2. The van der Waals surface area contributed by atoms with Crippen LogP contribution in [0.3, 0.4) is 0 Å². The van der Waals surface area contributed by atoms with Gasteiger partial charge in [-0.05, 0) is 102 Å². The van der Waals surface area contributed by atoms with Crippen molar-refractivity contribution in [2.24, 2.45) is 11.8 Å². The predicted molar refractivity (Wildman–Crippen MR) is 407 cm³/mol. The number of nitrogens with zero attached hydrogens (tertiary/aromatic N) is 6. The molecule has 578 valence electrons. The molecule has 4 heterocycles. The highest BCUT2D eigenvalue weighted by atomic mass is 16.5. The van der Waals surface area contributed by atoms with Gasteiger partial charge in [0.05, 0.1) is 106 Å². The summed E-state index contributed by atoms with van der Waals surface area (Å²) in [5.74, 6) is 2.14. The number of hydrogen-bond donors (Lipinski definition) is 0. The number of carbonyl (C=O) groups excluding carboxylic acids is 2. The van der Waals surface area contributed by atoms with E-state index in [0.717, 1.165) is 209 Å². The van der Waals surface area contributed by atoms with Gasteiger partial charge in [-0.25, -0.2) is 0 Å². The second-order valence-corrected chi connectivity index (χ2v) is 29.9. The summed E-state index contributed by atoms with van der Waals surface area (Å²) in [6.45, 7) is 31.4. The summed E-state index contributed by atoms with van der Waals surface area (Å²) in [5, 5.41) is 0. The molecule has 0 bridgehead atoms. The maximum Gasteiger partial charge on any atom is 0.222 e. The van der Waals surface area contributed by atoms with Gasteiger partial charge >= 0.3 is 0 Å². The molecule has 2 amide bonds. The first-order chi connectivity index (χ1) is 48.6. The lowest BCUT2D eigenvalue weighted by atomic mass is 9.78. The summed E-state index contributed by atoms with van der Waals surface area (Å²) in [5.41, 5.74) is 0. The molecule has 4 rings (SSSR count). The fraction of sp³-hybridized carbons (Fsp3) is 0.976. The van der Waals surface area contributed by atoms with E-state index >= 15 is 0 Å². The molecule has 0 unspecified atom stereocenters. The maximum atomic E-state index is 13.2. The molecular weight excluding hydrogens is 1230 g/mol. The van der Waals surface area contributed by atoms with Crippen LogP contribution in [0.4, 0.5) is 0 Å². The molecule has 0 spiro atoms. The van der Waals surface area contributed by atoms with Crippen LogP contribution in [0, 0.1) is 11.8 Å². The molecule has 0 radical (unpaired) electrons. The number of rotatable bonds is 47. The molecule has 0 aliphatic carbocycles. The van der Waals surface area contributed by atoms with Gasteiger partial charge < -0.3 is 47.7 Å². The Labute approximate surface area is 604 Å². The average Bonchev–Trinajstić information content (AvgIpc) is 0.881. The van der Waals surface area contributed by atoms with E-state index in [4.69, 9.17) is 37.9 Å². The molecular formula is C82H160N6O10. The van der Waals surface area contributed by atoms with Crippen LogP contribution in [0.25, 0.3) is 0 Å². The van der Waals surface area contributed by atoms with Crippen LogP contribution < -0.4 is 0 Å². The third-order valence-electron chi connectivity index (χ3n) is 21.7. The van der Waals surface area contributed by atoms with Gasteiger partial charge in [0.2, 0.25) is 11.8 Å². The first-order valence-corrected chi connectivity index (χ1v) is 42.6. The van der Waals surface area contributed by atoms with E-state index in [1.165, 1.54) is 218 Å². The molecule has 0 N–H and O–H groups in total. The smallest absolute Gasteiger partial charge is 0.222 e. The first-order valence-electron chi connectivity index (χ1n) is 42.6. The van der Waals surface area contributed by atoms with Crippen molar-refractivity contribution in [2.45, 2.75) is 296 Å². The molecule has 4 aliphatic rings. The largest absolute Gasteiger partial charge is 0.378 e. The monoisotopic (exact) mass is 1390 g/mol. The van der Waals surface area contributed by atoms with Gasteiger partial charge in [-0.3, -0.25) is 29.2 Å². The van der Waals surface area contributed by atoms with Crippen molar-refractivity contribution in [3.63, 3.8) is 0 Å². The molecule has 0 aromatic rings. The summed E-state index contributed by atoms with van der Waals surface area (Å²) < 4.78 is 48.1. The second kappa shape index (κ2) is 67.3. The minimum absolute atomic E-state index is 0.371. The van der Waals surface area contributed by atoms with Crippen LogP contribution in [0.2, 0.25) is 0 Å². The molecule has 98 heavy (non-hydrogen) atoms. The standard InChI is InChI=1S/C82H160N6O10/c1-3-5-7-9-11-13-19-25-31-37-47-83-55-63-91-71-75-95-67-59-85(60-68-96-76-72-92-64-56-83)49-39-33-27-21-15-17-23-29-35-41-81(89)87-51-43-79(44-52-87)80-45-53-88(54-46-80)82(90)42-36-30-24-18-16-22-28-34-40-50-86-61-69-97-77-73-93-65-57-84(58-66-94-74-78-98-70-62-86)48-38-32-26-20-14-12-10-8-6-4-2/h79-80H,3-78H2,1-2H3. The van der Waals surface area contributed by atoms with Crippen molar-refractivity contribution in [2.75, 3.05) is 210 Å². The van der Waals surface area contributed by atoms with Crippen molar-refractivity contribution in [3.8, 4) is 0 Å². The highest BCUT2D eigenvalue weighted by Gasteiger charge is 2.32. The van der Waals surface area contributed by atoms with Crippen molar-refractivity contribution >= 4 is 11.8 Å². The minimum Gasteiger partial charge on any atom is -0.378 e. The molecule has 4 saturated heterocycles. The fourth-order valence-electron chi connectivity index (χ4n) is 15.1. The number of amides is 2. The lowest BCUT2D eigenvalue weighted by molar-refractivity contribution is -0.135. The minimum atomic E-state index is 0.371. The van der Waals surface area contributed by atoms with Gasteiger partial charge in [-0.1, -0.05) is 219 Å². The molecule has 0 aromatic heterocycles. The SMILES string of the molecule is CCCCCCCCCCCCN1CCOCCOCCN(CCCCCCCCCCCC(=O)N2CCC(C3CCN(C(=O)CCCCCCCCCCCN4CCOCCOCCN(CCCCCCCCCCCC)CCOCCOCC4)CC3)CC2)CCOCCOCC1. The van der Waals surface area contributed by atoms with Gasteiger partial charge in [0.1, 0.15) is 0 Å². The van der Waals surface area contributed by atoms with Crippen LogP contribution in [0.15, 0.2) is 0 Å². The van der Waals surface area contributed by atoms with Gasteiger partial charge in [-0.15, -0.1) is 0 Å². The Bertz CT molecular complexity index is 1550. The lowest BCUT2D eigenvalue weighted by Gasteiger charge is -2.40. The van der Waals surface area contributed by atoms with Crippen LogP contribution in [-0.2, 0) is 47.5 Å². The van der Waals surface area contributed by atoms with Crippen molar-refractivity contribution < 1.29 is 47.5 Å². The zero-order valence-electron chi connectivity index (χ0n) is 64.7. The van der Waals surface area contributed by atoms with Gasteiger partial charge in [0.25, 0.3) is 0 Å². The van der Waals surface area contributed by atoms with Crippen molar-refractivity contribution in [1.82, 2.24) is 29.4 Å². The normalized spacial score (nSPS) is 19.7. The second-order valence-electron chi connectivity index (χ2n) is 29.9. The Morgan fingerprint density at radius 2 is 0.398 bits per heavy atom. The van der Waals surface area contributed by atoms with E-state index in [1.807, 2.05) is 0 Å². The van der Waals surface area contributed by atoms with E-state index < -0.39 is 0 Å². The summed E-state index contributed by atoms with van der Waals surface area (Å²) in [6.07, 6.45) is 55.5. The predicted octanol–water partition coefficient (Wildman–Crippen LogP) is 16.5. The molecule has 0 atom stereocenters. The van der Waals surface area contributed by atoms with Crippen LogP contribution in [0.1, 0.15) is 296 Å². The van der Waals surface area contributed by atoms with Crippen LogP contribution in [0.5, 0.6) is 0 Å². The highest BCUT2D eigenvalue weighted by Crippen LogP contribution is 2.33. The van der Waals surface area contributed by atoms with Gasteiger partial charge in [-0.2, -0.15) is 0 Å². The number of likely N-dealkylation sites (tertiary alicyclic amines) is 2. The quantitative estimate of drug-likeness (QED) is 0.0536.